The van der Waals surface area contributed by atoms with Gasteiger partial charge in [0, 0.05) is 6.54 Å². The fourth-order valence-electron chi connectivity index (χ4n) is 2.79. The SMILES string of the molecule is Cc1ccc2c(c1)OCC(=O)N2Cc1ccc(C(=O)NCCC(C)C)o1. The number of carbonyl (C=O) groups is 2. The minimum Gasteiger partial charge on any atom is -0.482 e. The number of nitrogens with zero attached hydrogens (tertiary/aromatic N) is 1. The van der Waals surface area contributed by atoms with Gasteiger partial charge in [0.15, 0.2) is 12.4 Å². The molecular weight excluding hydrogens is 332 g/mol. The highest BCUT2D eigenvalue weighted by atomic mass is 16.5. The van der Waals surface area contributed by atoms with E-state index < -0.39 is 0 Å². The van der Waals surface area contributed by atoms with E-state index in [1.165, 1.54) is 0 Å². The number of carbonyl (C=O) groups excluding carboxylic acids is 2. The molecule has 2 aromatic rings. The minimum absolute atomic E-state index is 0.000290. The van der Waals surface area contributed by atoms with Crippen LogP contribution in [0.1, 0.15) is 42.1 Å². The fourth-order valence-corrected chi connectivity index (χ4v) is 2.79. The van der Waals surface area contributed by atoms with Gasteiger partial charge in [-0.25, -0.2) is 0 Å². The Labute approximate surface area is 153 Å². The summed E-state index contributed by atoms with van der Waals surface area (Å²) in [6.45, 7) is 7.06. The molecule has 0 unspecified atom stereocenters. The van der Waals surface area contributed by atoms with Crippen molar-refractivity contribution in [2.75, 3.05) is 18.1 Å². The second-order valence-corrected chi connectivity index (χ2v) is 6.94. The van der Waals surface area contributed by atoms with E-state index in [1.807, 2.05) is 25.1 Å². The predicted octanol–water partition coefficient (Wildman–Crippen LogP) is 3.29. The van der Waals surface area contributed by atoms with Crippen molar-refractivity contribution in [2.45, 2.75) is 33.7 Å². The van der Waals surface area contributed by atoms with E-state index in [0.29, 0.717) is 29.7 Å². The molecule has 138 valence electrons. The average molecular weight is 356 g/mol. The zero-order valence-electron chi connectivity index (χ0n) is 15.4. The largest absolute Gasteiger partial charge is 0.482 e. The Morgan fingerprint density at radius 3 is 2.85 bits per heavy atom. The first-order valence-electron chi connectivity index (χ1n) is 8.85. The number of amides is 2. The number of benzene rings is 1. The van der Waals surface area contributed by atoms with Crippen LogP contribution < -0.4 is 15.0 Å². The Balaban J connectivity index is 1.69. The van der Waals surface area contributed by atoms with Gasteiger partial charge < -0.3 is 14.5 Å². The van der Waals surface area contributed by atoms with E-state index in [9.17, 15) is 9.59 Å². The molecule has 1 N–H and O–H groups in total. The minimum atomic E-state index is -0.235. The number of aryl methyl sites for hydroxylation is 1. The number of fused-ring (bicyclic) bond motifs is 1. The molecule has 1 aliphatic heterocycles. The quantitative estimate of drug-likeness (QED) is 0.862. The molecule has 0 saturated carbocycles. The van der Waals surface area contributed by atoms with Crippen LogP contribution in [0.5, 0.6) is 5.75 Å². The number of nitrogens with one attached hydrogen (secondary N) is 1. The van der Waals surface area contributed by atoms with Gasteiger partial charge in [0.25, 0.3) is 11.8 Å². The first-order valence-corrected chi connectivity index (χ1v) is 8.85. The van der Waals surface area contributed by atoms with Crippen LogP contribution in [0.2, 0.25) is 0 Å². The van der Waals surface area contributed by atoms with Crippen molar-refractivity contribution in [3.8, 4) is 5.75 Å². The van der Waals surface area contributed by atoms with E-state index in [-0.39, 0.29) is 30.7 Å². The van der Waals surface area contributed by atoms with Crippen molar-refractivity contribution >= 4 is 17.5 Å². The van der Waals surface area contributed by atoms with Gasteiger partial charge in [-0.2, -0.15) is 0 Å². The van der Waals surface area contributed by atoms with E-state index in [0.717, 1.165) is 12.0 Å². The summed E-state index contributed by atoms with van der Waals surface area (Å²) in [5, 5.41) is 2.84. The van der Waals surface area contributed by atoms with Crippen molar-refractivity contribution in [3.63, 3.8) is 0 Å². The molecule has 0 aliphatic carbocycles. The molecule has 0 radical (unpaired) electrons. The zero-order chi connectivity index (χ0) is 18.7. The molecule has 0 spiro atoms. The second-order valence-electron chi connectivity index (χ2n) is 6.94. The topological polar surface area (TPSA) is 71.8 Å². The highest BCUT2D eigenvalue weighted by molar-refractivity contribution is 5.97. The number of furan rings is 1. The number of hydrogen-bond donors (Lipinski definition) is 1. The Morgan fingerprint density at radius 2 is 2.08 bits per heavy atom. The van der Waals surface area contributed by atoms with Crippen LogP contribution in [0.3, 0.4) is 0 Å². The normalized spacial score (nSPS) is 13.5. The Kier molecular flexibility index (Phi) is 5.30. The van der Waals surface area contributed by atoms with Gasteiger partial charge in [0.05, 0.1) is 12.2 Å². The Bertz CT molecular complexity index is 810. The van der Waals surface area contributed by atoms with Gasteiger partial charge in [0.1, 0.15) is 11.5 Å². The maximum absolute atomic E-state index is 12.3. The van der Waals surface area contributed by atoms with Crippen LogP contribution in [0.25, 0.3) is 0 Å². The molecule has 6 nitrogen and oxygen atoms in total. The molecule has 1 aliphatic rings. The van der Waals surface area contributed by atoms with Gasteiger partial charge >= 0.3 is 0 Å². The maximum Gasteiger partial charge on any atom is 0.286 e. The molecule has 0 atom stereocenters. The number of ether oxygens (including phenoxy) is 1. The molecular formula is C20H24N2O4. The summed E-state index contributed by atoms with van der Waals surface area (Å²) in [7, 11) is 0. The first-order chi connectivity index (χ1) is 12.4. The molecule has 1 aromatic heterocycles. The third-order valence-corrected chi connectivity index (χ3v) is 4.26. The maximum atomic E-state index is 12.3. The van der Waals surface area contributed by atoms with E-state index in [1.54, 1.807) is 17.0 Å². The summed E-state index contributed by atoms with van der Waals surface area (Å²) in [5.41, 5.74) is 1.78. The van der Waals surface area contributed by atoms with E-state index >= 15 is 0 Å². The van der Waals surface area contributed by atoms with Crippen LogP contribution >= 0.6 is 0 Å². The summed E-state index contributed by atoms with van der Waals surface area (Å²) in [4.78, 5) is 26.0. The second kappa shape index (κ2) is 7.64. The monoisotopic (exact) mass is 356 g/mol. The molecule has 0 fully saturated rings. The summed E-state index contributed by atoms with van der Waals surface area (Å²) in [6, 6.07) is 9.08. The Morgan fingerprint density at radius 1 is 1.27 bits per heavy atom. The van der Waals surface area contributed by atoms with Crippen molar-refractivity contribution in [2.24, 2.45) is 5.92 Å². The van der Waals surface area contributed by atoms with Crippen molar-refractivity contribution in [3.05, 3.63) is 47.4 Å². The van der Waals surface area contributed by atoms with Gasteiger partial charge in [-0.3, -0.25) is 14.5 Å². The number of rotatable bonds is 6. The Hall–Kier alpha value is -2.76. The standard InChI is InChI=1S/C20H24N2O4/c1-13(2)8-9-21-20(24)17-7-5-15(26-17)11-22-16-6-4-14(3)10-18(16)25-12-19(22)23/h4-7,10,13H,8-9,11-12H2,1-3H3,(H,21,24). The summed E-state index contributed by atoms with van der Waals surface area (Å²) >= 11 is 0. The lowest BCUT2D eigenvalue weighted by molar-refractivity contribution is -0.121. The van der Waals surface area contributed by atoms with Crippen LogP contribution in [-0.2, 0) is 11.3 Å². The van der Waals surface area contributed by atoms with Crippen molar-refractivity contribution in [1.29, 1.82) is 0 Å². The van der Waals surface area contributed by atoms with Gasteiger partial charge in [-0.05, 0) is 49.1 Å². The molecule has 6 heteroatoms. The molecule has 26 heavy (non-hydrogen) atoms. The summed E-state index contributed by atoms with van der Waals surface area (Å²) < 4.78 is 11.2. The molecule has 0 bridgehead atoms. The van der Waals surface area contributed by atoms with Crippen molar-refractivity contribution < 1.29 is 18.7 Å². The summed E-state index contributed by atoms with van der Waals surface area (Å²) in [6.07, 6.45) is 0.914. The highest BCUT2D eigenvalue weighted by Gasteiger charge is 2.26. The fraction of sp³-hybridized carbons (Fsp3) is 0.400. The number of anilines is 1. The third-order valence-electron chi connectivity index (χ3n) is 4.26. The molecule has 0 saturated heterocycles. The van der Waals surface area contributed by atoms with Crippen LogP contribution in [-0.4, -0.2) is 25.0 Å². The van der Waals surface area contributed by atoms with Crippen molar-refractivity contribution in [1.82, 2.24) is 5.32 Å². The third kappa shape index (κ3) is 4.07. The number of hydrogen-bond acceptors (Lipinski definition) is 4. The zero-order valence-corrected chi connectivity index (χ0v) is 15.4. The molecule has 2 heterocycles. The van der Waals surface area contributed by atoms with Crippen LogP contribution in [0.15, 0.2) is 34.7 Å². The first kappa shape index (κ1) is 18.0. The summed E-state index contributed by atoms with van der Waals surface area (Å²) in [5.74, 6) is 1.65. The van der Waals surface area contributed by atoms with Gasteiger partial charge in [0.2, 0.25) is 0 Å². The van der Waals surface area contributed by atoms with Gasteiger partial charge in [-0.15, -0.1) is 0 Å². The lowest BCUT2D eigenvalue weighted by Gasteiger charge is -2.28. The van der Waals surface area contributed by atoms with E-state index in [4.69, 9.17) is 9.15 Å². The lowest BCUT2D eigenvalue weighted by atomic mass is 10.1. The lowest BCUT2D eigenvalue weighted by Crippen LogP contribution is -2.38. The predicted molar refractivity (Wildman–Crippen MR) is 98.4 cm³/mol. The molecule has 2 amide bonds. The van der Waals surface area contributed by atoms with Crippen LogP contribution in [0, 0.1) is 12.8 Å². The average Bonchev–Trinajstić information content (AvgIpc) is 3.06. The van der Waals surface area contributed by atoms with E-state index in [2.05, 4.69) is 19.2 Å². The smallest absolute Gasteiger partial charge is 0.286 e. The molecule has 1 aromatic carbocycles. The van der Waals surface area contributed by atoms with Gasteiger partial charge in [-0.1, -0.05) is 19.9 Å². The molecule has 3 rings (SSSR count). The van der Waals surface area contributed by atoms with Crippen LogP contribution in [0.4, 0.5) is 5.69 Å². The highest BCUT2D eigenvalue weighted by Crippen LogP contribution is 2.34.